The molecule has 1 saturated heterocycles. The summed E-state index contributed by atoms with van der Waals surface area (Å²) in [5.41, 5.74) is 3.30. The standard InChI is InChI=1S/C24H28O4/c1-18(21-6-4-3-5-7-21)23-17-26-24(28-27-23)14-12-20(13-15-24)16-19-8-10-22(25-2)11-9-19/h3-11,20,23H,1,12-17H2,2H3. The molecule has 2 fully saturated rings. The van der Waals surface area contributed by atoms with Crippen molar-refractivity contribution in [3.8, 4) is 5.75 Å². The Balaban J connectivity index is 1.27. The summed E-state index contributed by atoms with van der Waals surface area (Å²) >= 11 is 0. The summed E-state index contributed by atoms with van der Waals surface area (Å²) in [6.45, 7) is 4.64. The van der Waals surface area contributed by atoms with Crippen LogP contribution in [0.2, 0.25) is 0 Å². The number of benzene rings is 2. The van der Waals surface area contributed by atoms with Gasteiger partial charge >= 0.3 is 0 Å². The molecule has 2 aromatic rings. The van der Waals surface area contributed by atoms with Gasteiger partial charge in [-0.2, -0.15) is 0 Å². The topological polar surface area (TPSA) is 36.9 Å². The number of methoxy groups -OCH3 is 1. The number of ether oxygens (including phenoxy) is 2. The number of rotatable bonds is 5. The SMILES string of the molecule is C=C(c1ccccc1)C1COC2(CCC(Cc3ccc(OC)cc3)CC2)OO1. The quantitative estimate of drug-likeness (QED) is 0.670. The zero-order valence-electron chi connectivity index (χ0n) is 16.4. The molecule has 4 nitrogen and oxygen atoms in total. The lowest BCUT2D eigenvalue weighted by Gasteiger charge is -2.43. The van der Waals surface area contributed by atoms with Crippen molar-refractivity contribution in [2.75, 3.05) is 13.7 Å². The molecule has 0 N–H and O–H groups in total. The third kappa shape index (κ3) is 4.30. The van der Waals surface area contributed by atoms with E-state index in [0.29, 0.717) is 12.5 Å². The molecule has 1 aliphatic heterocycles. The Kier molecular flexibility index (Phi) is 5.81. The Bertz CT molecular complexity index is 766. The molecule has 28 heavy (non-hydrogen) atoms. The van der Waals surface area contributed by atoms with Crippen LogP contribution in [0.25, 0.3) is 5.57 Å². The van der Waals surface area contributed by atoms with Gasteiger partial charge in [0.05, 0.1) is 13.7 Å². The second-order valence-electron chi connectivity index (χ2n) is 7.78. The van der Waals surface area contributed by atoms with Crippen molar-refractivity contribution in [1.82, 2.24) is 0 Å². The van der Waals surface area contributed by atoms with Gasteiger partial charge in [-0.1, -0.05) is 49.0 Å². The smallest absolute Gasteiger partial charge is 0.201 e. The maximum Gasteiger partial charge on any atom is 0.201 e. The highest BCUT2D eigenvalue weighted by Crippen LogP contribution is 2.40. The monoisotopic (exact) mass is 380 g/mol. The molecule has 1 unspecified atom stereocenters. The molecule has 1 heterocycles. The normalized spacial score (nSPS) is 27.5. The van der Waals surface area contributed by atoms with Crippen LogP contribution in [0.3, 0.4) is 0 Å². The van der Waals surface area contributed by atoms with E-state index in [0.717, 1.165) is 49.0 Å². The predicted octanol–water partition coefficient (Wildman–Crippen LogP) is 5.18. The zero-order chi connectivity index (χ0) is 19.4. The Morgan fingerprint density at radius 3 is 2.39 bits per heavy atom. The molecular weight excluding hydrogens is 352 g/mol. The average Bonchev–Trinajstić information content (AvgIpc) is 2.77. The van der Waals surface area contributed by atoms with Crippen LogP contribution in [-0.2, 0) is 20.9 Å². The molecule has 148 valence electrons. The highest BCUT2D eigenvalue weighted by Gasteiger charge is 2.43. The lowest BCUT2D eigenvalue weighted by molar-refractivity contribution is -0.484. The van der Waals surface area contributed by atoms with Crippen molar-refractivity contribution >= 4 is 5.57 Å². The van der Waals surface area contributed by atoms with Crippen LogP contribution >= 0.6 is 0 Å². The van der Waals surface area contributed by atoms with Gasteiger partial charge in [0, 0.05) is 12.8 Å². The van der Waals surface area contributed by atoms with Crippen LogP contribution in [0.1, 0.15) is 36.8 Å². The van der Waals surface area contributed by atoms with Crippen LogP contribution in [0.4, 0.5) is 0 Å². The van der Waals surface area contributed by atoms with E-state index in [1.54, 1.807) is 7.11 Å². The van der Waals surface area contributed by atoms with E-state index in [2.05, 4.69) is 18.7 Å². The van der Waals surface area contributed by atoms with Gasteiger partial charge in [0.25, 0.3) is 0 Å². The van der Waals surface area contributed by atoms with Gasteiger partial charge in [-0.3, -0.25) is 0 Å². The minimum absolute atomic E-state index is 0.259. The minimum Gasteiger partial charge on any atom is -0.497 e. The van der Waals surface area contributed by atoms with Gasteiger partial charge in [-0.05, 0) is 54.0 Å². The average molecular weight is 380 g/mol. The fourth-order valence-electron chi connectivity index (χ4n) is 4.07. The third-order valence-corrected chi connectivity index (χ3v) is 5.90. The summed E-state index contributed by atoms with van der Waals surface area (Å²) in [6.07, 6.45) is 4.68. The number of hydrogen-bond acceptors (Lipinski definition) is 4. The van der Waals surface area contributed by atoms with Crippen molar-refractivity contribution in [2.45, 2.75) is 44.0 Å². The highest BCUT2D eigenvalue weighted by atomic mass is 17.2. The molecule has 0 amide bonds. The van der Waals surface area contributed by atoms with Crippen LogP contribution in [-0.4, -0.2) is 25.6 Å². The van der Waals surface area contributed by atoms with Crippen LogP contribution in [0, 0.1) is 5.92 Å². The fraction of sp³-hybridized carbons (Fsp3) is 0.417. The van der Waals surface area contributed by atoms with Crippen molar-refractivity contribution in [3.63, 3.8) is 0 Å². The van der Waals surface area contributed by atoms with Gasteiger partial charge in [-0.15, -0.1) is 0 Å². The third-order valence-electron chi connectivity index (χ3n) is 5.90. The summed E-state index contributed by atoms with van der Waals surface area (Å²) in [5.74, 6) is 0.950. The van der Waals surface area contributed by atoms with Gasteiger partial charge < -0.3 is 9.47 Å². The zero-order valence-corrected chi connectivity index (χ0v) is 16.4. The van der Waals surface area contributed by atoms with E-state index in [9.17, 15) is 0 Å². The molecule has 0 bridgehead atoms. The molecule has 1 saturated carbocycles. The largest absolute Gasteiger partial charge is 0.497 e. The summed E-state index contributed by atoms with van der Waals surface area (Å²) in [7, 11) is 1.70. The van der Waals surface area contributed by atoms with E-state index in [-0.39, 0.29) is 6.10 Å². The first-order valence-corrected chi connectivity index (χ1v) is 10.0. The molecule has 4 rings (SSSR count). The summed E-state index contributed by atoms with van der Waals surface area (Å²) in [4.78, 5) is 11.5. The summed E-state index contributed by atoms with van der Waals surface area (Å²) in [5, 5.41) is 0. The Morgan fingerprint density at radius 2 is 1.79 bits per heavy atom. The first-order chi connectivity index (χ1) is 13.7. The number of hydrogen-bond donors (Lipinski definition) is 0. The van der Waals surface area contributed by atoms with E-state index in [1.807, 2.05) is 42.5 Å². The molecular formula is C24H28O4. The first kappa shape index (κ1) is 19.2. The molecule has 1 spiro atoms. The summed E-state index contributed by atoms with van der Waals surface area (Å²) < 4.78 is 11.4. The molecule has 0 aromatic heterocycles. The highest BCUT2D eigenvalue weighted by molar-refractivity contribution is 5.66. The Morgan fingerprint density at radius 1 is 1.07 bits per heavy atom. The van der Waals surface area contributed by atoms with Crippen molar-refractivity contribution < 1.29 is 19.2 Å². The van der Waals surface area contributed by atoms with E-state index >= 15 is 0 Å². The van der Waals surface area contributed by atoms with Gasteiger partial charge in [0.1, 0.15) is 11.9 Å². The second-order valence-corrected chi connectivity index (χ2v) is 7.78. The molecule has 2 aliphatic rings. The van der Waals surface area contributed by atoms with Crippen molar-refractivity contribution in [1.29, 1.82) is 0 Å². The molecule has 2 aromatic carbocycles. The lowest BCUT2D eigenvalue weighted by atomic mass is 9.81. The molecule has 1 aliphatic carbocycles. The van der Waals surface area contributed by atoms with Crippen LogP contribution in [0.5, 0.6) is 5.75 Å². The molecule has 0 radical (unpaired) electrons. The molecule has 4 heteroatoms. The fourth-order valence-corrected chi connectivity index (χ4v) is 4.07. The summed E-state index contributed by atoms with van der Waals surface area (Å²) in [6, 6.07) is 18.4. The minimum atomic E-state index is -0.593. The Labute approximate surface area is 167 Å². The second kappa shape index (κ2) is 8.48. The van der Waals surface area contributed by atoms with Gasteiger partial charge in [-0.25, -0.2) is 9.78 Å². The van der Waals surface area contributed by atoms with Crippen molar-refractivity contribution in [3.05, 3.63) is 72.3 Å². The maximum atomic E-state index is 6.17. The molecule has 1 atom stereocenters. The Hall–Kier alpha value is -2.14. The maximum absolute atomic E-state index is 6.17. The van der Waals surface area contributed by atoms with Crippen molar-refractivity contribution in [2.24, 2.45) is 5.92 Å². The van der Waals surface area contributed by atoms with Gasteiger partial charge in [0.2, 0.25) is 5.79 Å². The van der Waals surface area contributed by atoms with Crippen LogP contribution < -0.4 is 4.74 Å². The van der Waals surface area contributed by atoms with Crippen LogP contribution in [0.15, 0.2) is 61.2 Å². The first-order valence-electron chi connectivity index (χ1n) is 10.0. The predicted molar refractivity (Wildman–Crippen MR) is 109 cm³/mol. The van der Waals surface area contributed by atoms with E-state index in [1.165, 1.54) is 5.56 Å². The van der Waals surface area contributed by atoms with E-state index < -0.39 is 5.79 Å². The van der Waals surface area contributed by atoms with E-state index in [4.69, 9.17) is 19.2 Å². The van der Waals surface area contributed by atoms with Gasteiger partial charge in [0.15, 0.2) is 0 Å². The lowest BCUT2D eigenvalue weighted by Crippen LogP contribution is -2.47.